The number of methoxy groups -OCH3 is 1. The molecule has 1 aromatic rings. The maximum atomic E-state index is 11.6. The van der Waals surface area contributed by atoms with Crippen LogP contribution in [0.2, 0.25) is 0 Å². The third-order valence-electron chi connectivity index (χ3n) is 3.67. The number of hydrogen-bond acceptors (Lipinski definition) is 4. The molecular formula is C14H21NO3S. The summed E-state index contributed by atoms with van der Waals surface area (Å²) in [5.41, 5.74) is 2.25. The van der Waals surface area contributed by atoms with Crippen molar-refractivity contribution < 1.29 is 13.2 Å². The lowest BCUT2D eigenvalue weighted by Gasteiger charge is -2.23. The van der Waals surface area contributed by atoms with Gasteiger partial charge in [0, 0.05) is 13.2 Å². The van der Waals surface area contributed by atoms with Crippen molar-refractivity contribution in [3.8, 4) is 0 Å². The highest BCUT2D eigenvalue weighted by molar-refractivity contribution is 7.91. The fraction of sp³-hybridized carbons (Fsp3) is 0.571. The van der Waals surface area contributed by atoms with E-state index in [4.69, 9.17) is 4.74 Å². The summed E-state index contributed by atoms with van der Waals surface area (Å²) in [5.74, 6) is 0.758. The fourth-order valence-corrected chi connectivity index (χ4v) is 4.64. The van der Waals surface area contributed by atoms with Crippen molar-refractivity contribution >= 4 is 9.84 Å². The van der Waals surface area contributed by atoms with Gasteiger partial charge < -0.3 is 10.1 Å². The zero-order chi connectivity index (χ0) is 13.9. The van der Waals surface area contributed by atoms with Crippen molar-refractivity contribution in [2.45, 2.75) is 19.1 Å². The molecule has 0 aliphatic carbocycles. The minimum Gasteiger partial charge on any atom is -0.380 e. The molecule has 106 valence electrons. The molecular weight excluding hydrogens is 262 g/mol. The molecule has 1 saturated heterocycles. The summed E-state index contributed by atoms with van der Waals surface area (Å²) in [6.45, 7) is 0.577. The first-order chi connectivity index (χ1) is 9.05. The second kappa shape index (κ2) is 6.03. The van der Waals surface area contributed by atoms with E-state index >= 15 is 0 Å². The van der Waals surface area contributed by atoms with Crippen molar-refractivity contribution in [3.05, 3.63) is 35.4 Å². The predicted molar refractivity (Wildman–Crippen MR) is 75.7 cm³/mol. The Hall–Kier alpha value is -0.910. The average molecular weight is 283 g/mol. The topological polar surface area (TPSA) is 55.4 Å². The van der Waals surface area contributed by atoms with Crippen LogP contribution in [0, 0.1) is 5.92 Å². The van der Waals surface area contributed by atoms with Crippen molar-refractivity contribution in [1.82, 2.24) is 5.32 Å². The summed E-state index contributed by atoms with van der Waals surface area (Å²) in [4.78, 5) is 0. The summed E-state index contributed by atoms with van der Waals surface area (Å²) in [6.07, 6.45) is 0.738. The van der Waals surface area contributed by atoms with Crippen LogP contribution in [0.15, 0.2) is 24.3 Å². The summed E-state index contributed by atoms with van der Waals surface area (Å²) in [6, 6.07) is 8.25. The van der Waals surface area contributed by atoms with E-state index in [1.807, 2.05) is 25.2 Å². The SMILES string of the molecule is CNC(c1cccc(COC)c1)C1CCS(=O)(=O)C1. The summed E-state index contributed by atoms with van der Waals surface area (Å²) in [7, 11) is 0.716. The van der Waals surface area contributed by atoms with E-state index in [0.717, 1.165) is 17.5 Å². The molecule has 4 nitrogen and oxygen atoms in total. The van der Waals surface area contributed by atoms with Gasteiger partial charge in [-0.1, -0.05) is 24.3 Å². The van der Waals surface area contributed by atoms with Gasteiger partial charge in [0.1, 0.15) is 0 Å². The number of nitrogens with one attached hydrogen (secondary N) is 1. The van der Waals surface area contributed by atoms with E-state index in [0.29, 0.717) is 12.4 Å². The molecule has 0 radical (unpaired) electrons. The first-order valence-electron chi connectivity index (χ1n) is 6.51. The molecule has 0 saturated carbocycles. The Labute approximate surface area is 115 Å². The maximum absolute atomic E-state index is 11.6. The molecule has 2 atom stereocenters. The zero-order valence-electron chi connectivity index (χ0n) is 11.4. The standard InChI is InChI=1S/C14H21NO3S/c1-15-14(13-6-7-19(16,17)10-13)12-5-3-4-11(8-12)9-18-2/h3-5,8,13-15H,6-7,9-10H2,1-2H3. The Kier molecular flexibility index (Phi) is 4.60. The molecule has 0 aromatic heterocycles. The van der Waals surface area contributed by atoms with Gasteiger partial charge in [-0.25, -0.2) is 8.42 Å². The second-order valence-electron chi connectivity index (χ2n) is 5.11. The van der Waals surface area contributed by atoms with E-state index in [1.165, 1.54) is 0 Å². The molecule has 0 bridgehead atoms. The molecule has 0 spiro atoms. The van der Waals surface area contributed by atoms with E-state index in [2.05, 4.69) is 11.4 Å². The zero-order valence-corrected chi connectivity index (χ0v) is 12.2. The summed E-state index contributed by atoms with van der Waals surface area (Å²) >= 11 is 0. The maximum Gasteiger partial charge on any atom is 0.150 e. The highest BCUT2D eigenvalue weighted by atomic mass is 32.2. The first kappa shape index (κ1) is 14.5. The third kappa shape index (κ3) is 3.55. The Morgan fingerprint density at radius 2 is 2.26 bits per heavy atom. The largest absolute Gasteiger partial charge is 0.380 e. The van der Waals surface area contributed by atoms with Gasteiger partial charge in [-0.3, -0.25) is 0 Å². The monoisotopic (exact) mass is 283 g/mol. The Balaban J connectivity index is 2.20. The highest BCUT2D eigenvalue weighted by Gasteiger charge is 2.33. The Morgan fingerprint density at radius 1 is 1.47 bits per heavy atom. The normalized spacial score (nSPS) is 23.4. The minimum absolute atomic E-state index is 0.0917. The van der Waals surface area contributed by atoms with E-state index in [1.54, 1.807) is 7.11 Å². The van der Waals surface area contributed by atoms with Crippen molar-refractivity contribution in [1.29, 1.82) is 0 Å². The van der Waals surface area contributed by atoms with Crippen molar-refractivity contribution in [2.24, 2.45) is 5.92 Å². The smallest absolute Gasteiger partial charge is 0.150 e. The molecule has 5 heteroatoms. The molecule has 0 amide bonds. The van der Waals surface area contributed by atoms with Gasteiger partial charge >= 0.3 is 0 Å². The van der Waals surface area contributed by atoms with E-state index < -0.39 is 9.84 Å². The molecule has 1 aromatic carbocycles. The predicted octanol–water partition coefficient (Wildman–Crippen LogP) is 1.53. The second-order valence-corrected chi connectivity index (χ2v) is 7.34. The van der Waals surface area contributed by atoms with Crippen LogP contribution >= 0.6 is 0 Å². The molecule has 1 N–H and O–H groups in total. The van der Waals surface area contributed by atoms with Crippen molar-refractivity contribution in [2.75, 3.05) is 25.7 Å². The molecule has 1 aliphatic rings. The number of hydrogen-bond donors (Lipinski definition) is 1. The Morgan fingerprint density at radius 3 is 2.84 bits per heavy atom. The third-order valence-corrected chi connectivity index (χ3v) is 5.46. The fourth-order valence-electron chi connectivity index (χ4n) is 2.80. The quantitative estimate of drug-likeness (QED) is 0.890. The minimum atomic E-state index is -2.84. The van der Waals surface area contributed by atoms with Gasteiger partial charge in [-0.2, -0.15) is 0 Å². The van der Waals surface area contributed by atoms with Crippen LogP contribution in [0.1, 0.15) is 23.6 Å². The van der Waals surface area contributed by atoms with Gasteiger partial charge in [-0.05, 0) is 30.5 Å². The number of benzene rings is 1. The van der Waals surface area contributed by atoms with Crippen LogP contribution in [0.25, 0.3) is 0 Å². The molecule has 1 heterocycles. The number of rotatable bonds is 5. The van der Waals surface area contributed by atoms with Crippen LogP contribution in [0.5, 0.6) is 0 Å². The van der Waals surface area contributed by atoms with Gasteiger partial charge in [-0.15, -0.1) is 0 Å². The van der Waals surface area contributed by atoms with Crippen LogP contribution < -0.4 is 5.32 Å². The lowest BCUT2D eigenvalue weighted by molar-refractivity contribution is 0.184. The lowest BCUT2D eigenvalue weighted by Crippen LogP contribution is -2.26. The molecule has 1 fully saturated rings. The Bertz CT molecular complexity index is 527. The molecule has 19 heavy (non-hydrogen) atoms. The van der Waals surface area contributed by atoms with E-state index in [9.17, 15) is 8.42 Å². The number of sulfone groups is 1. The van der Waals surface area contributed by atoms with Gasteiger partial charge in [0.25, 0.3) is 0 Å². The van der Waals surface area contributed by atoms with Crippen LogP contribution in [-0.2, 0) is 21.2 Å². The average Bonchev–Trinajstić information content (AvgIpc) is 2.72. The molecule has 1 aliphatic heterocycles. The number of ether oxygens (including phenoxy) is 1. The van der Waals surface area contributed by atoms with Crippen LogP contribution in [0.4, 0.5) is 0 Å². The first-order valence-corrected chi connectivity index (χ1v) is 8.33. The van der Waals surface area contributed by atoms with Crippen LogP contribution in [-0.4, -0.2) is 34.1 Å². The lowest BCUT2D eigenvalue weighted by atomic mass is 9.92. The van der Waals surface area contributed by atoms with Crippen LogP contribution in [0.3, 0.4) is 0 Å². The van der Waals surface area contributed by atoms with Crippen molar-refractivity contribution in [3.63, 3.8) is 0 Å². The summed E-state index contributed by atoms with van der Waals surface area (Å²) < 4.78 is 28.4. The van der Waals surface area contributed by atoms with Gasteiger partial charge in [0.15, 0.2) is 9.84 Å². The molecule has 2 unspecified atom stereocenters. The van der Waals surface area contributed by atoms with E-state index in [-0.39, 0.29) is 17.7 Å². The highest BCUT2D eigenvalue weighted by Crippen LogP contribution is 2.31. The summed E-state index contributed by atoms with van der Waals surface area (Å²) in [5, 5.41) is 3.26. The molecule has 2 rings (SSSR count). The van der Waals surface area contributed by atoms with Gasteiger partial charge in [0.05, 0.1) is 18.1 Å². The van der Waals surface area contributed by atoms with Gasteiger partial charge in [0.2, 0.25) is 0 Å².